The molecule has 0 bridgehead atoms. The third kappa shape index (κ3) is 5.78. The summed E-state index contributed by atoms with van der Waals surface area (Å²) in [6, 6.07) is 13.7. The molecule has 1 fully saturated rings. The molecule has 2 aromatic carbocycles. The van der Waals surface area contributed by atoms with E-state index in [0.29, 0.717) is 31.5 Å². The predicted octanol–water partition coefficient (Wildman–Crippen LogP) is 2.95. The molecular weight excluding hydrogens is 482 g/mol. The van der Waals surface area contributed by atoms with Gasteiger partial charge < -0.3 is 34.1 Å². The molecule has 0 amide bonds. The smallest absolute Gasteiger partial charge is 0.251 e. The van der Waals surface area contributed by atoms with Crippen molar-refractivity contribution in [3.63, 3.8) is 0 Å². The highest BCUT2D eigenvalue weighted by molar-refractivity contribution is 5.85. The summed E-state index contributed by atoms with van der Waals surface area (Å²) in [5.41, 5.74) is 2.73. The largest absolute Gasteiger partial charge is 0.497 e. The van der Waals surface area contributed by atoms with Gasteiger partial charge in [-0.25, -0.2) is 0 Å². The Hall–Kier alpha value is -2.78. The van der Waals surface area contributed by atoms with Gasteiger partial charge in [0.1, 0.15) is 19.0 Å². The van der Waals surface area contributed by atoms with Gasteiger partial charge in [-0.1, -0.05) is 6.07 Å². The molecule has 2 aliphatic rings. The first-order chi connectivity index (χ1) is 17.1. The van der Waals surface area contributed by atoms with Crippen LogP contribution >= 0.6 is 12.4 Å². The molecule has 36 heavy (non-hydrogen) atoms. The Balaban J connectivity index is 0.00000304. The number of pyridine rings is 1. The minimum Gasteiger partial charge on any atom is -0.497 e. The second kappa shape index (κ2) is 12.0. The molecule has 0 radical (unpaired) electrons. The van der Waals surface area contributed by atoms with Crippen LogP contribution in [0.15, 0.2) is 47.3 Å². The fraction of sp³-hybridized carbons (Fsp3) is 0.444. The van der Waals surface area contributed by atoms with Gasteiger partial charge in [-0.05, 0) is 61.3 Å². The summed E-state index contributed by atoms with van der Waals surface area (Å²) < 4.78 is 18.5. The van der Waals surface area contributed by atoms with Crippen LogP contribution in [0, 0.1) is 0 Å². The van der Waals surface area contributed by atoms with Gasteiger partial charge in [0.2, 0.25) is 0 Å². The van der Waals surface area contributed by atoms with E-state index >= 15 is 0 Å². The number of aromatic nitrogens is 1. The van der Waals surface area contributed by atoms with Crippen molar-refractivity contribution in [2.24, 2.45) is 0 Å². The highest BCUT2D eigenvalue weighted by atomic mass is 35.5. The van der Waals surface area contributed by atoms with Gasteiger partial charge in [0.15, 0.2) is 11.5 Å². The summed E-state index contributed by atoms with van der Waals surface area (Å²) in [7, 11) is 1.60. The first kappa shape index (κ1) is 26.3. The number of ether oxygens (including phenoxy) is 3. The third-order valence-corrected chi connectivity index (χ3v) is 7.00. The summed E-state index contributed by atoms with van der Waals surface area (Å²) in [6.45, 7) is 5.30. The van der Waals surface area contributed by atoms with Crippen molar-refractivity contribution in [1.82, 2.24) is 14.8 Å². The van der Waals surface area contributed by atoms with Crippen LogP contribution in [-0.2, 0) is 19.7 Å². The van der Waals surface area contributed by atoms with Crippen LogP contribution in [0.2, 0.25) is 0 Å². The summed E-state index contributed by atoms with van der Waals surface area (Å²) in [6.07, 6.45) is 2.13. The molecule has 0 unspecified atom stereocenters. The maximum absolute atomic E-state index is 12.7. The van der Waals surface area contributed by atoms with E-state index in [0.717, 1.165) is 67.0 Å². The van der Waals surface area contributed by atoms with Crippen molar-refractivity contribution in [2.75, 3.05) is 40.0 Å². The number of benzene rings is 2. The fourth-order valence-corrected chi connectivity index (χ4v) is 4.99. The maximum Gasteiger partial charge on any atom is 0.251 e. The molecule has 1 aromatic heterocycles. The quantitative estimate of drug-likeness (QED) is 0.477. The molecule has 2 N–H and O–H groups in total. The fourth-order valence-electron chi connectivity index (χ4n) is 4.99. The lowest BCUT2D eigenvalue weighted by atomic mass is 10.0. The monoisotopic (exact) mass is 515 g/mol. The predicted molar refractivity (Wildman–Crippen MR) is 142 cm³/mol. The molecule has 3 aromatic rings. The van der Waals surface area contributed by atoms with Crippen molar-refractivity contribution in [3.05, 3.63) is 63.9 Å². The summed E-state index contributed by atoms with van der Waals surface area (Å²) in [4.78, 5) is 15.1. The zero-order chi connectivity index (χ0) is 24.2. The van der Waals surface area contributed by atoms with Gasteiger partial charge in [-0.2, -0.15) is 0 Å². The highest BCUT2D eigenvalue weighted by Gasteiger charge is 2.20. The minimum atomic E-state index is -0.0985. The molecule has 0 saturated carbocycles. The van der Waals surface area contributed by atoms with Crippen LogP contribution < -0.4 is 25.1 Å². The van der Waals surface area contributed by atoms with E-state index in [1.54, 1.807) is 23.8 Å². The SMILES string of the molecule is COc1cc(CO)c2ccc(=O)n(CCN3CCC(NCc4ccc5c(c4)OCCO5)CC3)c2c1.Cl. The average Bonchev–Trinajstić information content (AvgIpc) is 2.91. The number of nitrogens with zero attached hydrogens (tertiary/aromatic N) is 2. The molecular formula is C27H34ClN3O5. The number of fused-ring (bicyclic) bond motifs is 2. The standard InChI is InChI=1S/C27H33N3O5.ClH/c1-33-22-15-20(18-31)23-3-5-27(32)30(24(23)16-22)11-10-29-8-6-21(7-9-29)28-17-19-2-4-25-26(14-19)35-13-12-34-25;/h2-5,14-16,21,28,31H,6-13,17-18H2,1H3;1H. The third-order valence-electron chi connectivity index (χ3n) is 7.00. The van der Waals surface area contributed by atoms with Crippen molar-refractivity contribution >= 4 is 23.3 Å². The summed E-state index contributed by atoms with van der Waals surface area (Å²) in [5, 5.41) is 14.3. The van der Waals surface area contributed by atoms with E-state index in [1.807, 2.05) is 18.2 Å². The average molecular weight is 516 g/mol. The second-order valence-corrected chi connectivity index (χ2v) is 9.18. The lowest BCUT2D eigenvalue weighted by molar-refractivity contribution is 0.171. The number of hydrogen-bond acceptors (Lipinski definition) is 7. The Morgan fingerprint density at radius 2 is 1.81 bits per heavy atom. The van der Waals surface area contributed by atoms with Crippen LogP contribution in [0.1, 0.15) is 24.0 Å². The second-order valence-electron chi connectivity index (χ2n) is 9.18. The zero-order valence-electron chi connectivity index (χ0n) is 20.6. The summed E-state index contributed by atoms with van der Waals surface area (Å²) in [5.74, 6) is 2.30. The lowest BCUT2D eigenvalue weighted by Gasteiger charge is -2.32. The zero-order valence-corrected chi connectivity index (χ0v) is 21.4. The molecule has 0 spiro atoms. The molecule has 3 heterocycles. The van der Waals surface area contributed by atoms with Gasteiger partial charge >= 0.3 is 0 Å². The molecule has 1 saturated heterocycles. The first-order valence-corrected chi connectivity index (χ1v) is 12.3. The van der Waals surface area contributed by atoms with Crippen LogP contribution in [0.25, 0.3) is 10.9 Å². The van der Waals surface area contributed by atoms with E-state index in [-0.39, 0.29) is 24.6 Å². The number of halogens is 1. The Bertz CT molecular complexity index is 1240. The van der Waals surface area contributed by atoms with Crippen molar-refractivity contribution in [3.8, 4) is 17.2 Å². The topological polar surface area (TPSA) is 85.2 Å². The Morgan fingerprint density at radius 3 is 2.56 bits per heavy atom. The van der Waals surface area contributed by atoms with E-state index in [2.05, 4.69) is 22.3 Å². The van der Waals surface area contributed by atoms with Crippen LogP contribution in [-0.4, -0.2) is 60.6 Å². The normalized spacial score (nSPS) is 16.1. The summed E-state index contributed by atoms with van der Waals surface area (Å²) >= 11 is 0. The van der Waals surface area contributed by atoms with Gasteiger partial charge in [0, 0.05) is 43.2 Å². The Kier molecular flexibility index (Phi) is 8.74. The van der Waals surface area contributed by atoms with E-state index in [1.165, 1.54) is 5.56 Å². The molecule has 2 aliphatic heterocycles. The van der Waals surface area contributed by atoms with Crippen molar-refractivity contribution < 1.29 is 19.3 Å². The number of aliphatic hydroxyl groups excluding tert-OH is 1. The number of likely N-dealkylation sites (tertiary alicyclic amines) is 1. The number of piperidine rings is 1. The van der Waals surface area contributed by atoms with Crippen LogP contribution in [0.5, 0.6) is 17.2 Å². The Labute approximate surface area is 217 Å². The molecule has 194 valence electrons. The minimum absolute atomic E-state index is 0. The van der Waals surface area contributed by atoms with Crippen LogP contribution in [0.4, 0.5) is 0 Å². The Morgan fingerprint density at radius 1 is 1.03 bits per heavy atom. The number of methoxy groups -OCH3 is 1. The molecule has 0 aliphatic carbocycles. The van der Waals surface area contributed by atoms with Gasteiger partial charge in [-0.3, -0.25) is 4.79 Å². The van der Waals surface area contributed by atoms with E-state index in [9.17, 15) is 9.90 Å². The number of hydrogen-bond donors (Lipinski definition) is 2. The maximum atomic E-state index is 12.7. The van der Waals surface area contributed by atoms with Gasteiger partial charge in [0.25, 0.3) is 5.56 Å². The van der Waals surface area contributed by atoms with Crippen molar-refractivity contribution in [2.45, 2.75) is 38.6 Å². The van der Waals surface area contributed by atoms with E-state index in [4.69, 9.17) is 14.2 Å². The van der Waals surface area contributed by atoms with Gasteiger partial charge in [0.05, 0.1) is 19.2 Å². The number of rotatable bonds is 8. The van der Waals surface area contributed by atoms with E-state index < -0.39 is 0 Å². The van der Waals surface area contributed by atoms with Crippen LogP contribution in [0.3, 0.4) is 0 Å². The molecule has 8 nitrogen and oxygen atoms in total. The molecule has 0 atom stereocenters. The number of aliphatic hydroxyl groups is 1. The lowest BCUT2D eigenvalue weighted by Crippen LogP contribution is -2.43. The van der Waals surface area contributed by atoms with Crippen molar-refractivity contribution in [1.29, 1.82) is 0 Å². The first-order valence-electron chi connectivity index (χ1n) is 12.3. The molecule has 9 heteroatoms. The van der Waals surface area contributed by atoms with Gasteiger partial charge in [-0.15, -0.1) is 12.4 Å². The highest BCUT2D eigenvalue weighted by Crippen LogP contribution is 2.31. The number of nitrogens with one attached hydrogen (secondary N) is 1. The molecule has 5 rings (SSSR count).